The number of hydrogen-bond acceptors (Lipinski definition) is 5. The van der Waals surface area contributed by atoms with E-state index in [1.165, 1.54) is 10.4 Å². The molecule has 0 aliphatic carbocycles. The van der Waals surface area contributed by atoms with E-state index in [1.807, 2.05) is 11.0 Å². The smallest absolute Gasteiger partial charge is 0.219 e. The van der Waals surface area contributed by atoms with Gasteiger partial charge in [-0.1, -0.05) is 22.0 Å². The fraction of sp³-hybridized carbons (Fsp3) is 0.400. The average Bonchev–Trinajstić information content (AvgIpc) is 3.33. The lowest BCUT2D eigenvalue weighted by atomic mass is 9.91. The molecule has 1 amide bonds. The largest absolute Gasteiger partial charge is 0.466 e. The van der Waals surface area contributed by atoms with Crippen molar-refractivity contribution in [2.75, 3.05) is 13.1 Å². The Labute approximate surface area is 170 Å². The van der Waals surface area contributed by atoms with Gasteiger partial charge in [0.2, 0.25) is 11.6 Å². The van der Waals surface area contributed by atoms with Gasteiger partial charge in [-0.2, -0.15) is 5.10 Å². The van der Waals surface area contributed by atoms with Crippen LogP contribution in [0.25, 0.3) is 0 Å². The Morgan fingerprint density at radius 3 is 2.85 bits per heavy atom. The van der Waals surface area contributed by atoms with Gasteiger partial charge in [-0.25, -0.2) is 5.01 Å². The number of carbonyl (C=O) groups excluding carboxylic acids is 1. The molecule has 3 aliphatic rings. The molecule has 0 N–H and O–H groups in total. The third-order valence-corrected chi connectivity index (χ3v) is 7.17. The van der Waals surface area contributed by atoms with E-state index in [2.05, 4.69) is 50.6 Å². The van der Waals surface area contributed by atoms with Gasteiger partial charge in [0.25, 0.3) is 0 Å². The Hall–Kier alpha value is -1.86. The monoisotopic (exact) mass is 445 g/mol. The van der Waals surface area contributed by atoms with E-state index in [4.69, 9.17) is 9.84 Å². The lowest BCUT2D eigenvalue weighted by Crippen LogP contribution is -2.59. The van der Waals surface area contributed by atoms with Crippen molar-refractivity contribution in [1.82, 2.24) is 9.91 Å². The Balaban J connectivity index is 1.56. The normalized spacial score (nSPS) is 22.9. The number of hydrogen-bond donors (Lipinski definition) is 0. The number of hydrazone groups is 1. The van der Waals surface area contributed by atoms with E-state index in [9.17, 15) is 4.79 Å². The highest BCUT2D eigenvalue weighted by atomic mass is 79.9. The van der Waals surface area contributed by atoms with Crippen LogP contribution >= 0.6 is 27.3 Å². The molecule has 4 heterocycles. The van der Waals surface area contributed by atoms with Crippen molar-refractivity contribution >= 4 is 38.9 Å². The summed E-state index contributed by atoms with van der Waals surface area (Å²) in [7, 11) is 0. The van der Waals surface area contributed by atoms with E-state index in [0.29, 0.717) is 13.1 Å². The lowest BCUT2D eigenvalue weighted by Gasteiger charge is -2.51. The van der Waals surface area contributed by atoms with E-state index < -0.39 is 5.72 Å². The van der Waals surface area contributed by atoms with E-state index in [0.717, 1.165) is 35.2 Å². The first kappa shape index (κ1) is 17.3. The molecule has 0 unspecified atom stereocenters. The summed E-state index contributed by atoms with van der Waals surface area (Å²) >= 11 is 5.33. The molecule has 5 nitrogen and oxygen atoms in total. The van der Waals surface area contributed by atoms with Gasteiger partial charge in [-0.15, -0.1) is 11.3 Å². The number of benzene rings is 1. The standard InChI is InChI=1S/C20H20BrN3O2S/c1-13(25)23-8-6-20(7-9-23)24-17(12-16(22-24)19-3-2-10-27-19)15-11-14(21)4-5-18(15)26-20/h2-5,10-11,17H,6-9,12H2,1H3/t17-/m0/s1. The van der Waals surface area contributed by atoms with Crippen LogP contribution in [0.4, 0.5) is 0 Å². The number of piperidine rings is 1. The minimum absolute atomic E-state index is 0.130. The van der Waals surface area contributed by atoms with Crippen molar-refractivity contribution in [3.8, 4) is 5.75 Å². The number of halogens is 1. The topological polar surface area (TPSA) is 45.1 Å². The van der Waals surface area contributed by atoms with Crippen molar-refractivity contribution in [1.29, 1.82) is 0 Å². The maximum atomic E-state index is 11.8. The van der Waals surface area contributed by atoms with Crippen LogP contribution in [-0.2, 0) is 4.79 Å². The second kappa shape index (κ2) is 6.34. The molecule has 1 spiro atoms. The summed E-state index contributed by atoms with van der Waals surface area (Å²) < 4.78 is 7.64. The number of thiophene rings is 1. The second-order valence-corrected chi connectivity index (χ2v) is 9.19. The molecule has 1 fully saturated rings. The molecule has 140 valence electrons. The molecule has 0 bridgehead atoms. The molecule has 1 aromatic heterocycles. The van der Waals surface area contributed by atoms with Gasteiger partial charge in [0.05, 0.1) is 16.6 Å². The molecule has 1 atom stereocenters. The Morgan fingerprint density at radius 2 is 2.15 bits per heavy atom. The quantitative estimate of drug-likeness (QED) is 0.653. The molecule has 1 aromatic carbocycles. The summed E-state index contributed by atoms with van der Waals surface area (Å²) in [5, 5.41) is 9.33. The van der Waals surface area contributed by atoms with E-state index >= 15 is 0 Å². The van der Waals surface area contributed by atoms with Gasteiger partial charge in [-0.05, 0) is 29.6 Å². The minimum atomic E-state index is -0.476. The van der Waals surface area contributed by atoms with Crippen LogP contribution < -0.4 is 4.74 Å². The first-order valence-corrected chi connectivity index (χ1v) is 10.9. The molecule has 7 heteroatoms. The number of nitrogens with zero attached hydrogens (tertiary/aromatic N) is 3. The molecule has 0 saturated carbocycles. The Morgan fingerprint density at radius 1 is 1.33 bits per heavy atom. The summed E-state index contributed by atoms with van der Waals surface area (Å²) in [6, 6.07) is 10.6. The molecular weight excluding hydrogens is 426 g/mol. The van der Waals surface area contributed by atoms with Gasteiger partial charge in [0.1, 0.15) is 5.75 Å². The van der Waals surface area contributed by atoms with Crippen LogP contribution in [0, 0.1) is 0 Å². The third-order valence-electron chi connectivity index (χ3n) is 5.75. The summed E-state index contributed by atoms with van der Waals surface area (Å²) in [5.74, 6) is 1.07. The van der Waals surface area contributed by atoms with Crippen LogP contribution in [0.2, 0.25) is 0 Å². The zero-order valence-corrected chi connectivity index (χ0v) is 17.4. The van der Waals surface area contributed by atoms with Gasteiger partial charge in [0, 0.05) is 49.3 Å². The molecule has 2 aromatic rings. The predicted molar refractivity (Wildman–Crippen MR) is 109 cm³/mol. The number of likely N-dealkylation sites (tertiary alicyclic amines) is 1. The van der Waals surface area contributed by atoms with Crippen molar-refractivity contribution in [3.63, 3.8) is 0 Å². The Kier molecular flexibility index (Phi) is 4.05. The lowest BCUT2D eigenvalue weighted by molar-refractivity contribution is -0.158. The van der Waals surface area contributed by atoms with Crippen molar-refractivity contribution in [2.24, 2.45) is 5.10 Å². The van der Waals surface area contributed by atoms with Gasteiger partial charge in [-0.3, -0.25) is 4.79 Å². The van der Waals surface area contributed by atoms with Gasteiger partial charge >= 0.3 is 0 Å². The maximum Gasteiger partial charge on any atom is 0.219 e. The summed E-state index contributed by atoms with van der Waals surface area (Å²) in [6.45, 7) is 3.04. The number of ether oxygens (including phenoxy) is 1. The van der Waals surface area contributed by atoms with Gasteiger partial charge < -0.3 is 9.64 Å². The first-order chi connectivity index (χ1) is 13.1. The van der Waals surface area contributed by atoms with Crippen molar-refractivity contribution in [3.05, 3.63) is 50.6 Å². The minimum Gasteiger partial charge on any atom is -0.466 e. The van der Waals surface area contributed by atoms with Crippen LogP contribution in [0.1, 0.15) is 42.7 Å². The summed E-state index contributed by atoms with van der Waals surface area (Å²) in [6.07, 6.45) is 2.41. The molecular formula is C20H20BrN3O2S. The molecule has 1 saturated heterocycles. The van der Waals surface area contributed by atoms with Crippen LogP contribution in [0.5, 0.6) is 5.75 Å². The fourth-order valence-electron chi connectivity index (χ4n) is 4.35. The van der Waals surface area contributed by atoms with Crippen molar-refractivity contribution in [2.45, 2.75) is 38.0 Å². The van der Waals surface area contributed by atoms with Crippen LogP contribution in [0.15, 0.2) is 45.3 Å². The molecule has 0 radical (unpaired) electrons. The summed E-state index contributed by atoms with van der Waals surface area (Å²) in [5.41, 5.74) is 1.83. The van der Waals surface area contributed by atoms with Crippen molar-refractivity contribution < 1.29 is 9.53 Å². The molecule has 3 aliphatic heterocycles. The number of carbonyl (C=O) groups is 1. The van der Waals surface area contributed by atoms with Crippen LogP contribution in [0.3, 0.4) is 0 Å². The van der Waals surface area contributed by atoms with E-state index in [-0.39, 0.29) is 11.9 Å². The highest BCUT2D eigenvalue weighted by Gasteiger charge is 2.52. The zero-order chi connectivity index (χ0) is 18.6. The van der Waals surface area contributed by atoms with Crippen LogP contribution in [-0.4, -0.2) is 40.3 Å². The highest BCUT2D eigenvalue weighted by Crippen LogP contribution is 2.50. The predicted octanol–water partition coefficient (Wildman–Crippen LogP) is 4.39. The molecule has 27 heavy (non-hydrogen) atoms. The highest BCUT2D eigenvalue weighted by molar-refractivity contribution is 9.10. The first-order valence-electron chi connectivity index (χ1n) is 9.20. The average molecular weight is 446 g/mol. The molecule has 5 rings (SSSR count). The maximum absolute atomic E-state index is 11.8. The second-order valence-electron chi connectivity index (χ2n) is 7.32. The fourth-order valence-corrected chi connectivity index (χ4v) is 5.45. The Bertz CT molecular complexity index is 919. The SMILES string of the molecule is CC(=O)N1CCC2(CC1)Oc1ccc(Br)cc1[C@@H]1CC(c3cccs3)=NN12. The summed E-state index contributed by atoms with van der Waals surface area (Å²) in [4.78, 5) is 14.9. The number of amides is 1. The van der Waals surface area contributed by atoms with Gasteiger partial charge in [0.15, 0.2) is 0 Å². The zero-order valence-electron chi connectivity index (χ0n) is 15.0. The number of fused-ring (bicyclic) bond motifs is 4. The number of rotatable bonds is 1. The third kappa shape index (κ3) is 2.79. The van der Waals surface area contributed by atoms with E-state index in [1.54, 1.807) is 18.3 Å².